The van der Waals surface area contributed by atoms with E-state index in [2.05, 4.69) is 10.6 Å². The summed E-state index contributed by atoms with van der Waals surface area (Å²) in [5.41, 5.74) is 1.33. The first kappa shape index (κ1) is 37.9. The van der Waals surface area contributed by atoms with Crippen LogP contribution in [0.3, 0.4) is 0 Å². The van der Waals surface area contributed by atoms with E-state index in [-0.39, 0.29) is 68.2 Å². The van der Waals surface area contributed by atoms with Crippen molar-refractivity contribution >= 4 is 17.5 Å². The van der Waals surface area contributed by atoms with Crippen LogP contribution in [0, 0.1) is 11.6 Å². The largest absolute Gasteiger partial charge is 1.00 e. The molecule has 0 atom stereocenters. The van der Waals surface area contributed by atoms with Crippen molar-refractivity contribution in [2.75, 3.05) is 6.67 Å². The molecule has 0 aliphatic rings. The second-order valence-electron chi connectivity index (χ2n) is 4.32. The molecule has 0 unspecified atom stereocenters. The van der Waals surface area contributed by atoms with Crippen LogP contribution >= 0.6 is 0 Å². The van der Waals surface area contributed by atoms with Gasteiger partial charge in [0.05, 0.1) is 0 Å². The minimum absolute atomic E-state index is 0. The molecular formula is C16H22F2N2O7Ru2. The minimum Gasteiger partial charge on any atom is -0.699 e. The summed E-state index contributed by atoms with van der Waals surface area (Å²) >= 11 is 0. The fourth-order valence-corrected chi connectivity index (χ4v) is 1.29. The summed E-state index contributed by atoms with van der Waals surface area (Å²) in [6.45, 7) is 1.51. The number of halogens is 2. The van der Waals surface area contributed by atoms with Gasteiger partial charge in [-0.05, 0) is 31.2 Å². The van der Waals surface area contributed by atoms with Crippen molar-refractivity contribution in [1.82, 2.24) is 0 Å². The molecule has 0 aliphatic heterocycles. The van der Waals surface area contributed by atoms with E-state index < -0.39 is 12.4 Å². The van der Waals surface area contributed by atoms with E-state index in [0.717, 1.165) is 0 Å². The van der Waals surface area contributed by atoms with Crippen LogP contribution in [0.25, 0.3) is 10.6 Å². The Morgan fingerprint density at radius 2 is 1.03 bits per heavy atom. The van der Waals surface area contributed by atoms with Gasteiger partial charge in [0.15, 0.2) is 0 Å². The monoisotopic (exact) mass is 596 g/mol. The molecule has 0 aromatic heterocycles. The molecule has 8 N–H and O–H groups in total. The summed E-state index contributed by atoms with van der Waals surface area (Å²) in [7, 11) is 0. The third-order valence-corrected chi connectivity index (χ3v) is 2.16. The first-order valence-electron chi connectivity index (χ1n) is 6.85. The van der Waals surface area contributed by atoms with Gasteiger partial charge >= 0.3 is 45.1 Å². The molecule has 13 heteroatoms. The van der Waals surface area contributed by atoms with Crippen LogP contribution in [0.4, 0.5) is 25.0 Å². The molecule has 0 bridgehead atoms. The van der Waals surface area contributed by atoms with E-state index in [0.29, 0.717) is 11.4 Å². The van der Waals surface area contributed by atoms with Gasteiger partial charge in [-0.25, -0.2) is 20.2 Å². The van der Waals surface area contributed by atoms with Gasteiger partial charge in [0.25, 0.3) is 0 Å². The molecule has 2 radical (unpaired) electrons. The van der Waals surface area contributed by atoms with Gasteiger partial charge < -0.3 is 42.0 Å². The first-order valence-corrected chi connectivity index (χ1v) is 6.85. The summed E-state index contributed by atoms with van der Waals surface area (Å²) in [5, 5.41) is 37.4. The van der Waals surface area contributed by atoms with Crippen LogP contribution in [0.5, 0.6) is 0 Å². The zero-order chi connectivity index (χ0) is 19.2. The number of hydrogen-bond donors (Lipinski definition) is 4. The van der Waals surface area contributed by atoms with Gasteiger partial charge in [-0.15, -0.1) is 11.4 Å². The molecule has 2 aromatic carbocycles. The zero-order valence-corrected chi connectivity index (χ0v) is 18.4. The van der Waals surface area contributed by atoms with E-state index in [1.165, 1.54) is 31.2 Å². The fourth-order valence-electron chi connectivity index (χ4n) is 1.29. The van der Waals surface area contributed by atoms with E-state index in [1.807, 2.05) is 0 Å². The number of benzene rings is 2. The van der Waals surface area contributed by atoms with Crippen molar-refractivity contribution < 1.29 is 83.9 Å². The van der Waals surface area contributed by atoms with E-state index in [4.69, 9.17) is 25.2 Å². The van der Waals surface area contributed by atoms with Crippen molar-refractivity contribution in [3.05, 3.63) is 70.8 Å². The van der Waals surface area contributed by atoms with Gasteiger partial charge in [0.1, 0.15) is 17.9 Å². The van der Waals surface area contributed by atoms with Crippen LogP contribution in [0.2, 0.25) is 0 Å². The number of aliphatic hydroxyl groups is 2. The molecule has 29 heavy (non-hydrogen) atoms. The third kappa shape index (κ3) is 26.3. The molecule has 0 heterocycles. The molecule has 0 spiro atoms. The van der Waals surface area contributed by atoms with Gasteiger partial charge in [-0.1, -0.05) is 24.3 Å². The molecule has 0 aliphatic carbocycles. The van der Waals surface area contributed by atoms with Crippen LogP contribution in [-0.2, 0) is 39.0 Å². The Kier molecular flexibility index (Phi) is 29.5. The standard InChI is InChI=1S/C13H10F2N2.C2H6O2.CH2O3.2H2O.2Ru/c14-10-1-5-12(6-2-10)16-9-17-13-7-3-11(15)4-8-13;1-2(3)4;2-1(3)4;;;;/h1-8H,9H2;2-4H,1H3;(H2,2,3,4);2*1H2;;/q-2;;;;;2*+1. The second kappa shape index (κ2) is 22.5. The van der Waals surface area contributed by atoms with Crippen molar-refractivity contribution in [2.45, 2.75) is 13.2 Å². The average molecular weight is 594 g/mol. The molecule has 0 saturated carbocycles. The van der Waals surface area contributed by atoms with Crippen molar-refractivity contribution in [2.24, 2.45) is 0 Å². The van der Waals surface area contributed by atoms with Gasteiger partial charge in [-0.2, -0.15) is 0 Å². The predicted octanol–water partition coefficient (Wildman–Crippen LogP) is 2.52. The maximum atomic E-state index is 12.6. The van der Waals surface area contributed by atoms with Crippen molar-refractivity contribution in [1.29, 1.82) is 0 Å². The average Bonchev–Trinajstić information content (AvgIpc) is 2.50. The molecular weight excluding hydrogens is 572 g/mol. The number of aliphatic hydroxyl groups excluding tert-OH is 1. The van der Waals surface area contributed by atoms with Crippen LogP contribution in [-0.4, -0.2) is 50.5 Å². The summed E-state index contributed by atoms with van der Waals surface area (Å²) in [5.74, 6) is -0.584. The maximum Gasteiger partial charge on any atom is 1.00 e. The zero-order valence-electron chi connectivity index (χ0n) is 15.0. The third-order valence-electron chi connectivity index (χ3n) is 2.16. The normalized spacial score (nSPS) is 7.93. The Hall–Kier alpha value is -1.74. The number of rotatable bonds is 4. The summed E-state index contributed by atoms with van der Waals surface area (Å²) in [6.07, 6.45) is -3.00. The van der Waals surface area contributed by atoms with Crippen LogP contribution < -0.4 is 0 Å². The SMILES string of the molecule is CC(O)O.Fc1ccc([N-]C[N-]c2ccc(F)cc2)cc1.O.O.O=C(O)O.[Ru+].[Ru+]. The summed E-state index contributed by atoms with van der Waals surface area (Å²) in [4.78, 5) is 8.56. The van der Waals surface area contributed by atoms with Gasteiger partial charge in [0.2, 0.25) is 0 Å². The van der Waals surface area contributed by atoms with Crippen LogP contribution in [0.15, 0.2) is 48.5 Å². The Bertz CT molecular complexity index is 569. The molecule has 0 amide bonds. The van der Waals surface area contributed by atoms with Crippen molar-refractivity contribution in [3.8, 4) is 0 Å². The Morgan fingerprint density at radius 3 is 1.24 bits per heavy atom. The Morgan fingerprint density at radius 1 is 0.828 bits per heavy atom. The first-order chi connectivity index (χ1) is 11.7. The molecule has 0 saturated heterocycles. The van der Waals surface area contributed by atoms with E-state index >= 15 is 0 Å². The van der Waals surface area contributed by atoms with E-state index in [9.17, 15) is 8.78 Å². The number of carbonyl (C=O) groups is 1. The molecule has 168 valence electrons. The smallest absolute Gasteiger partial charge is 0.699 e. The maximum absolute atomic E-state index is 12.6. The van der Waals surface area contributed by atoms with Gasteiger partial charge in [-0.3, -0.25) is 0 Å². The topological polar surface area (TPSA) is 189 Å². The molecule has 2 aromatic rings. The van der Waals surface area contributed by atoms with E-state index in [1.54, 1.807) is 24.3 Å². The number of nitrogens with zero attached hydrogens (tertiary/aromatic N) is 2. The van der Waals surface area contributed by atoms with Gasteiger partial charge in [0, 0.05) is 0 Å². The molecule has 9 nitrogen and oxygen atoms in total. The predicted molar refractivity (Wildman–Crippen MR) is 95.5 cm³/mol. The second-order valence-corrected chi connectivity index (χ2v) is 4.32. The summed E-state index contributed by atoms with van der Waals surface area (Å²) in [6, 6.07) is 11.7. The molecule has 2 rings (SSSR count). The number of hydrogen-bond acceptors (Lipinski definition) is 3. The minimum atomic E-state index is -1.83. The Balaban J connectivity index is -0.000000139. The number of carboxylic acid groups (broad SMARTS) is 2. The Labute approximate surface area is 191 Å². The van der Waals surface area contributed by atoms with Crippen LogP contribution in [0.1, 0.15) is 6.92 Å². The van der Waals surface area contributed by atoms with Crippen molar-refractivity contribution in [3.63, 3.8) is 0 Å². The fraction of sp³-hybridized carbons (Fsp3) is 0.188. The summed E-state index contributed by atoms with van der Waals surface area (Å²) < 4.78 is 25.2. The molecule has 0 fully saturated rings. The quantitative estimate of drug-likeness (QED) is 0.312.